The number of nitrogens with zero attached hydrogens (tertiary/aromatic N) is 2. The largest absolute Gasteiger partial charge is 0.373 e. The second kappa shape index (κ2) is 8.17. The summed E-state index contributed by atoms with van der Waals surface area (Å²) < 4.78 is 29.7. The molecular formula is C14H12BrClF2N2O2. The third-order valence-corrected chi connectivity index (χ3v) is 3.66. The molecule has 1 aromatic carbocycles. The van der Waals surface area contributed by atoms with Crippen LogP contribution >= 0.6 is 27.5 Å². The van der Waals surface area contributed by atoms with Gasteiger partial charge < -0.3 is 0 Å². The van der Waals surface area contributed by atoms with E-state index in [9.17, 15) is 8.78 Å². The van der Waals surface area contributed by atoms with Crippen molar-refractivity contribution >= 4 is 33.7 Å². The predicted molar refractivity (Wildman–Crippen MR) is 80.0 cm³/mol. The van der Waals surface area contributed by atoms with Gasteiger partial charge in [0, 0.05) is 10.9 Å². The molecule has 2 rings (SSSR count). The number of benzene rings is 1. The fourth-order valence-corrected chi connectivity index (χ4v) is 2.69. The second-order valence-electron chi connectivity index (χ2n) is 4.11. The molecule has 0 fully saturated rings. The summed E-state index contributed by atoms with van der Waals surface area (Å²) in [5, 5.41) is 0.263. The number of aryl methyl sites for hydroxylation is 2. The van der Waals surface area contributed by atoms with Crippen molar-refractivity contribution in [3.05, 3.63) is 44.9 Å². The summed E-state index contributed by atoms with van der Waals surface area (Å²) in [4.78, 5) is 20.6. The smallest absolute Gasteiger partial charge is 0.281 e. The molecule has 0 aliphatic carbocycles. The van der Waals surface area contributed by atoms with Gasteiger partial charge in [-0.1, -0.05) is 41.4 Å². The molecular weight excluding hydrogens is 382 g/mol. The highest BCUT2D eigenvalue weighted by molar-refractivity contribution is 9.10. The van der Waals surface area contributed by atoms with Gasteiger partial charge >= 0.3 is 6.15 Å². The highest BCUT2D eigenvalue weighted by Gasteiger charge is 2.21. The van der Waals surface area contributed by atoms with E-state index in [1.54, 1.807) is 0 Å². The highest BCUT2D eigenvalue weighted by Crippen LogP contribution is 2.29. The van der Waals surface area contributed by atoms with Crippen LogP contribution in [0.5, 0.6) is 0 Å². The summed E-state index contributed by atoms with van der Waals surface area (Å²) in [6.07, 6.45) is 1.40. The Bertz CT molecular complexity index is 690. The van der Waals surface area contributed by atoms with E-state index in [-0.39, 0.29) is 17.0 Å². The number of imidazole rings is 1. The Hall–Kier alpha value is -1.56. The van der Waals surface area contributed by atoms with Crippen LogP contribution in [0.2, 0.25) is 5.15 Å². The molecule has 0 N–H and O–H groups in total. The van der Waals surface area contributed by atoms with Crippen LogP contribution in [0.1, 0.15) is 25.4 Å². The van der Waals surface area contributed by atoms with Crippen molar-refractivity contribution in [3.63, 3.8) is 0 Å². The normalized spacial score (nSPS) is 9.91. The van der Waals surface area contributed by atoms with Crippen LogP contribution < -0.4 is 0 Å². The highest BCUT2D eigenvalue weighted by atomic mass is 79.9. The van der Waals surface area contributed by atoms with Crippen LogP contribution in [0.3, 0.4) is 0 Å². The molecule has 0 saturated carbocycles. The quantitative estimate of drug-likeness (QED) is 0.788. The Morgan fingerprint density at radius 1 is 1.23 bits per heavy atom. The van der Waals surface area contributed by atoms with Crippen LogP contribution in [0.25, 0.3) is 5.69 Å². The van der Waals surface area contributed by atoms with Crippen molar-refractivity contribution in [3.8, 4) is 5.69 Å². The topological polar surface area (TPSA) is 52.0 Å². The van der Waals surface area contributed by atoms with Crippen LogP contribution in [-0.4, -0.2) is 15.7 Å². The Morgan fingerprint density at radius 2 is 1.73 bits per heavy atom. The Labute approximate surface area is 139 Å². The van der Waals surface area contributed by atoms with Gasteiger partial charge in [-0.05, 0) is 18.6 Å². The van der Waals surface area contributed by atoms with Gasteiger partial charge in [-0.2, -0.15) is 9.59 Å². The first kappa shape index (κ1) is 18.5. The molecule has 1 aromatic heterocycles. The van der Waals surface area contributed by atoms with Crippen molar-refractivity contribution in [1.29, 1.82) is 0 Å². The van der Waals surface area contributed by atoms with Gasteiger partial charge in [0.05, 0.1) is 5.69 Å². The molecule has 0 saturated heterocycles. The molecule has 0 bridgehead atoms. The van der Waals surface area contributed by atoms with Crippen molar-refractivity contribution in [2.45, 2.75) is 26.7 Å². The molecule has 4 nitrogen and oxygen atoms in total. The standard InChI is InChI=1S/C13H12BrClF2N2.CO2/c1-3-10-13(15)19(11(4-2)18-10)12-8(16)5-7(14)6-9(12)17;2-1-3/h5-6H,3-4H2,1-2H3;. The third kappa shape index (κ3) is 3.80. The van der Waals surface area contributed by atoms with Crippen molar-refractivity contribution in [2.75, 3.05) is 0 Å². The molecule has 0 atom stereocenters. The molecule has 22 heavy (non-hydrogen) atoms. The van der Waals surface area contributed by atoms with Gasteiger partial charge in [-0.25, -0.2) is 13.8 Å². The first-order valence-corrected chi connectivity index (χ1v) is 7.48. The third-order valence-electron chi connectivity index (χ3n) is 2.81. The molecule has 0 aliphatic heterocycles. The van der Waals surface area contributed by atoms with Gasteiger partial charge in [0.25, 0.3) is 0 Å². The number of halogens is 4. The average Bonchev–Trinajstić information content (AvgIpc) is 2.75. The first-order valence-electron chi connectivity index (χ1n) is 6.31. The molecule has 0 amide bonds. The molecule has 0 radical (unpaired) electrons. The number of carbonyl (C=O) groups excluding carboxylic acids is 2. The molecule has 0 unspecified atom stereocenters. The number of rotatable bonds is 3. The molecule has 0 aliphatic rings. The summed E-state index contributed by atoms with van der Waals surface area (Å²) in [6, 6.07) is 2.42. The lowest BCUT2D eigenvalue weighted by Gasteiger charge is -2.11. The van der Waals surface area contributed by atoms with E-state index in [0.717, 1.165) is 0 Å². The Balaban J connectivity index is 0.000000745. The van der Waals surface area contributed by atoms with Crippen LogP contribution in [0.4, 0.5) is 8.78 Å². The maximum atomic E-state index is 14.0. The summed E-state index contributed by atoms with van der Waals surface area (Å²) >= 11 is 9.24. The van der Waals surface area contributed by atoms with E-state index in [0.29, 0.717) is 28.8 Å². The second-order valence-corrected chi connectivity index (χ2v) is 5.38. The van der Waals surface area contributed by atoms with Gasteiger partial charge in [-0.3, -0.25) is 4.57 Å². The summed E-state index contributed by atoms with van der Waals surface area (Å²) in [5.74, 6) is -0.811. The minimum absolute atomic E-state index is 0.183. The first-order chi connectivity index (χ1) is 10.4. The monoisotopic (exact) mass is 392 g/mol. The van der Waals surface area contributed by atoms with Crippen LogP contribution in [0.15, 0.2) is 16.6 Å². The summed E-state index contributed by atoms with van der Waals surface area (Å²) in [7, 11) is 0. The predicted octanol–water partition coefficient (Wildman–Crippen LogP) is 4.11. The van der Waals surface area contributed by atoms with Crippen molar-refractivity contribution < 1.29 is 18.4 Å². The Kier molecular flexibility index (Phi) is 6.87. The van der Waals surface area contributed by atoms with E-state index < -0.39 is 11.6 Å². The molecule has 1 heterocycles. The maximum Gasteiger partial charge on any atom is 0.373 e. The zero-order valence-corrected chi connectivity index (χ0v) is 14.1. The van der Waals surface area contributed by atoms with E-state index in [2.05, 4.69) is 20.9 Å². The van der Waals surface area contributed by atoms with E-state index in [4.69, 9.17) is 21.2 Å². The lowest BCUT2D eigenvalue weighted by molar-refractivity contribution is -0.191. The lowest BCUT2D eigenvalue weighted by atomic mass is 10.2. The summed E-state index contributed by atoms with van der Waals surface area (Å²) in [6.45, 7) is 3.76. The van der Waals surface area contributed by atoms with Crippen molar-refractivity contribution in [1.82, 2.24) is 9.55 Å². The number of aromatic nitrogens is 2. The molecule has 118 valence electrons. The van der Waals surface area contributed by atoms with Crippen LogP contribution in [0, 0.1) is 11.6 Å². The lowest BCUT2D eigenvalue weighted by Crippen LogP contribution is -2.06. The Morgan fingerprint density at radius 3 is 2.14 bits per heavy atom. The number of hydrogen-bond acceptors (Lipinski definition) is 3. The average molecular weight is 394 g/mol. The zero-order chi connectivity index (χ0) is 16.9. The molecule has 0 spiro atoms. The maximum absolute atomic E-state index is 14.0. The fourth-order valence-electron chi connectivity index (χ4n) is 1.93. The van der Waals surface area contributed by atoms with Gasteiger partial charge in [0.1, 0.15) is 16.7 Å². The van der Waals surface area contributed by atoms with Gasteiger partial charge in [0.15, 0.2) is 11.6 Å². The minimum Gasteiger partial charge on any atom is -0.281 e. The molecule has 8 heteroatoms. The van der Waals surface area contributed by atoms with Crippen LogP contribution in [-0.2, 0) is 22.4 Å². The zero-order valence-electron chi connectivity index (χ0n) is 11.8. The molecule has 2 aromatic rings. The minimum atomic E-state index is -0.677. The van der Waals surface area contributed by atoms with E-state index >= 15 is 0 Å². The summed E-state index contributed by atoms with van der Waals surface area (Å²) in [5.41, 5.74) is 0.456. The van der Waals surface area contributed by atoms with Crippen molar-refractivity contribution in [2.24, 2.45) is 0 Å². The van der Waals surface area contributed by atoms with Gasteiger partial charge in [0.2, 0.25) is 0 Å². The van der Waals surface area contributed by atoms with E-state index in [1.165, 1.54) is 16.7 Å². The number of hydrogen-bond donors (Lipinski definition) is 0. The van der Waals surface area contributed by atoms with Gasteiger partial charge in [-0.15, -0.1) is 0 Å². The SMILES string of the molecule is CCc1nc(CC)n(-c2c(F)cc(Br)cc2F)c1Cl.O=C=O. The van der Waals surface area contributed by atoms with E-state index in [1.807, 2.05) is 13.8 Å². The fraction of sp³-hybridized carbons (Fsp3) is 0.286.